The minimum Gasteiger partial charge on any atom is -0.350 e. The third-order valence-electron chi connectivity index (χ3n) is 3.57. The minimum atomic E-state index is -0.688. The summed E-state index contributed by atoms with van der Waals surface area (Å²) in [4.78, 5) is 12.8. The van der Waals surface area contributed by atoms with Crippen molar-refractivity contribution in [2.45, 2.75) is 0 Å². The molecular weight excluding hydrogens is 312 g/mol. The molecule has 0 heterocycles. The van der Waals surface area contributed by atoms with E-state index in [0.717, 1.165) is 22.6 Å². The molecule has 0 saturated heterocycles. The number of nitrogens with one attached hydrogen (secondary N) is 1. The van der Waals surface area contributed by atoms with Crippen molar-refractivity contribution in [1.29, 1.82) is 0 Å². The number of amides is 2. The summed E-state index contributed by atoms with van der Waals surface area (Å²) < 4.78 is 0. The summed E-state index contributed by atoms with van der Waals surface area (Å²) >= 11 is 0. The van der Waals surface area contributed by atoms with Crippen LogP contribution in [0.2, 0.25) is 0 Å². The van der Waals surface area contributed by atoms with Crippen LogP contribution in [0.1, 0.15) is 5.56 Å². The van der Waals surface area contributed by atoms with E-state index < -0.39 is 6.03 Å². The maximum atomic E-state index is 10.6. The molecule has 2 amide bonds. The Morgan fingerprint density at radius 3 is 1.76 bits per heavy atom. The third-order valence-corrected chi connectivity index (χ3v) is 3.57. The molecule has 0 unspecified atom stereocenters. The third kappa shape index (κ3) is 4.23. The Bertz CT molecular complexity index is 806. The van der Waals surface area contributed by atoms with Crippen LogP contribution in [0.15, 0.2) is 90.0 Å². The molecular formula is C20H18N4O. The fraction of sp³-hybridized carbons (Fsp3) is 0. The van der Waals surface area contributed by atoms with Crippen LogP contribution in [0, 0.1) is 0 Å². The number of hydrogen-bond donors (Lipinski definition) is 2. The SMILES string of the molecule is NC(=O)N/N=C\c1ccc(N(c2ccccc2)c2ccccc2)cc1. The van der Waals surface area contributed by atoms with Crippen LogP contribution in [-0.4, -0.2) is 12.2 Å². The number of para-hydroxylation sites is 2. The average Bonchev–Trinajstić information content (AvgIpc) is 2.65. The number of hydrogen-bond acceptors (Lipinski definition) is 3. The highest BCUT2D eigenvalue weighted by Crippen LogP contribution is 2.33. The van der Waals surface area contributed by atoms with Crippen molar-refractivity contribution in [2.24, 2.45) is 10.8 Å². The van der Waals surface area contributed by atoms with Gasteiger partial charge in [0.25, 0.3) is 0 Å². The van der Waals surface area contributed by atoms with E-state index in [9.17, 15) is 4.79 Å². The van der Waals surface area contributed by atoms with Crippen molar-refractivity contribution in [3.05, 3.63) is 90.5 Å². The van der Waals surface area contributed by atoms with Crippen LogP contribution in [0.5, 0.6) is 0 Å². The standard InChI is InChI=1S/C20H18N4O/c21-20(25)23-22-15-16-11-13-19(14-12-16)24(17-7-3-1-4-8-17)18-9-5-2-6-10-18/h1-15H,(H3,21,23,25)/b22-15-. The maximum Gasteiger partial charge on any atom is 0.332 e. The number of nitrogens with two attached hydrogens (primary N) is 1. The van der Waals surface area contributed by atoms with E-state index in [0.29, 0.717) is 0 Å². The lowest BCUT2D eigenvalue weighted by Crippen LogP contribution is -2.24. The van der Waals surface area contributed by atoms with Gasteiger partial charge in [-0.3, -0.25) is 0 Å². The van der Waals surface area contributed by atoms with Gasteiger partial charge in [0.15, 0.2) is 0 Å². The number of rotatable bonds is 5. The lowest BCUT2D eigenvalue weighted by molar-refractivity contribution is 0.249. The van der Waals surface area contributed by atoms with Crippen LogP contribution in [0.4, 0.5) is 21.9 Å². The minimum absolute atomic E-state index is 0.688. The molecule has 0 aliphatic carbocycles. The molecule has 0 atom stereocenters. The van der Waals surface area contributed by atoms with Gasteiger partial charge in [0, 0.05) is 17.1 Å². The van der Waals surface area contributed by atoms with Gasteiger partial charge >= 0.3 is 6.03 Å². The molecule has 0 radical (unpaired) electrons. The second-order valence-corrected chi connectivity index (χ2v) is 5.33. The van der Waals surface area contributed by atoms with Gasteiger partial charge in [-0.05, 0) is 42.0 Å². The number of benzene rings is 3. The molecule has 3 aromatic rings. The van der Waals surface area contributed by atoms with E-state index in [2.05, 4.69) is 39.7 Å². The van der Waals surface area contributed by atoms with E-state index in [1.807, 2.05) is 60.7 Å². The molecule has 0 aliphatic rings. The van der Waals surface area contributed by atoms with Gasteiger partial charge in [-0.15, -0.1) is 0 Å². The fourth-order valence-corrected chi connectivity index (χ4v) is 2.48. The summed E-state index contributed by atoms with van der Waals surface area (Å²) in [5.41, 5.74) is 11.2. The van der Waals surface area contributed by atoms with Crippen molar-refractivity contribution in [3.8, 4) is 0 Å². The zero-order valence-electron chi connectivity index (χ0n) is 13.5. The number of primary amides is 1. The molecule has 0 saturated carbocycles. The first-order chi connectivity index (χ1) is 12.2. The van der Waals surface area contributed by atoms with Gasteiger partial charge in [-0.1, -0.05) is 48.5 Å². The number of carbonyl (C=O) groups excluding carboxylic acids is 1. The summed E-state index contributed by atoms with van der Waals surface area (Å²) in [7, 11) is 0. The van der Waals surface area contributed by atoms with Crippen molar-refractivity contribution < 1.29 is 4.79 Å². The molecule has 3 aromatic carbocycles. The summed E-state index contributed by atoms with van der Waals surface area (Å²) in [6.45, 7) is 0. The van der Waals surface area contributed by atoms with E-state index in [4.69, 9.17) is 5.73 Å². The summed E-state index contributed by atoms with van der Waals surface area (Å²) in [5, 5.41) is 3.77. The molecule has 5 heteroatoms. The van der Waals surface area contributed by atoms with Crippen LogP contribution >= 0.6 is 0 Å². The summed E-state index contributed by atoms with van der Waals surface area (Å²) in [5.74, 6) is 0. The molecule has 0 spiro atoms. The first-order valence-electron chi connectivity index (χ1n) is 7.83. The predicted octanol–water partition coefficient (Wildman–Crippen LogP) is 4.16. The molecule has 3 rings (SSSR count). The maximum absolute atomic E-state index is 10.6. The topological polar surface area (TPSA) is 70.7 Å². The molecule has 3 N–H and O–H groups in total. The first kappa shape index (κ1) is 16.3. The largest absolute Gasteiger partial charge is 0.350 e. The average molecular weight is 330 g/mol. The van der Waals surface area contributed by atoms with Gasteiger partial charge in [0.2, 0.25) is 0 Å². The summed E-state index contributed by atoms with van der Waals surface area (Å²) in [6, 6.07) is 27.5. The molecule has 25 heavy (non-hydrogen) atoms. The Morgan fingerprint density at radius 1 is 0.800 bits per heavy atom. The number of nitrogens with zero attached hydrogens (tertiary/aromatic N) is 2. The van der Waals surface area contributed by atoms with Crippen molar-refractivity contribution in [3.63, 3.8) is 0 Å². The molecule has 0 aromatic heterocycles. The lowest BCUT2D eigenvalue weighted by atomic mass is 10.1. The Morgan fingerprint density at radius 2 is 1.28 bits per heavy atom. The van der Waals surface area contributed by atoms with Crippen molar-refractivity contribution >= 4 is 29.3 Å². The normalized spacial score (nSPS) is 10.6. The Balaban J connectivity index is 1.92. The van der Waals surface area contributed by atoms with Gasteiger partial charge < -0.3 is 10.6 Å². The highest BCUT2D eigenvalue weighted by molar-refractivity contribution is 5.83. The molecule has 5 nitrogen and oxygen atoms in total. The molecule has 0 bridgehead atoms. The Kier molecular flexibility index (Phi) is 5.07. The second kappa shape index (κ2) is 7.79. The van der Waals surface area contributed by atoms with E-state index in [1.165, 1.54) is 0 Å². The zero-order valence-corrected chi connectivity index (χ0v) is 13.5. The van der Waals surface area contributed by atoms with E-state index in [1.54, 1.807) is 6.21 Å². The predicted molar refractivity (Wildman–Crippen MR) is 101 cm³/mol. The van der Waals surface area contributed by atoms with Crippen LogP contribution < -0.4 is 16.1 Å². The molecule has 0 aliphatic heterocycles. The van der Waals surface area contributed by atoms with Crippen molar-refractivity contribution in [1.82, 2.24) is 5.43 Å². The number of anilines is 3. The number of carbonyl (C=O) groups is 1. The Hall–Kier alpha value is -3.60. The van der Waals surface area contributed by atoms with E-state index in [-0.39, 0.29) is 0 Å². The van der Waals surface area contributed by atoms with Crippen molar-refractivity contribution in [2.75, 3.05) is 4.90 Å². The number of hydrazone groups is 1. The van der Waals surface area contributed by atoms with Gasteiger partial charge in [0.1, 0.15) is 0 Å². The van der Waals surface area contributed by atoms with Gasteiger partial charge in [-0.25, -0.2) is 10.2 Å². The first-order valence-corrected chi connectivity index (χ1v) is 7.83. The molecule has 0 fully saturated rings. The van der Waals surface area contributed by atoms with Crippen LogP contribution in [0.25, 0.3) is 0 Å². The highest BCUT2D eigenvalue weighted by atomic mass is 16.2. The number of urea groups is 1. The lowest BCUT2D eigenvalue weighted by Gasteiger charge is -2.25. The van der Waals surface area contributed by atoms with E-state index >= 15 is 0 Å². The zero-order chi connectivity index (χ0) is 17.5. The molecule has 124 valence electrons. The van der Waals surface area contributed by atoms with Crippen LogP contribution in [-0.2, 0) is 0 Å². The summed E-state index contributed by atoms with van der Waals surface area (Å²) in [6.07, 6.45) is 1.55. The smallest absolute Gasteiger partial charge is 0.332 e. The quantitative estimate of drug-likeness (QED) is 0.545. The highest BCUT2D eigenvalue weighted by Gasteiger charge is 2.11. The van der Waals surface area contributed by atoms with Gasteiger partial charge in [-0.2, -0.15) is 5.10 Å². The second-order valence-electron chi connectivity index (χ2n) is 5.33. The monoisotopic (exact) mass is 330 g/mol. The van der Waals surface area contributed by atoms with Gasteiger partial charge in [0.05, 0.1) is 6.21 Å². The van der Waals surface area contributed by atoms with Crippen LogP contribution in [0.3, 0.4) is 0 Å². The fourth-order valence-electron chi connectivity index (χ4n) is 2.48. The Labute approximate surface area is 146 Å².